The lowest BCUT2D eigenvalue weighted by molar-refractivity contribution is 0.0691. The monoisotopic (exact) mass is 278 g/mol. The zero-order valence-corrected chi connectivity index (χ0v) is 12.5. The minimum atomic E-state index is -0.962. The SMILES string of the molecule is Cc1nnc(NCC2(N(C)C)CCC2)c(C(=O)O)c1C. The van der Waals surface area contributed by atoms with Crippen molar-refractivity contribution in [3.8, 4) is 0 Å². The Bertz CT molecular complexity index is 524. The number of aromatic carboxylic acids is 1. The molecule has 0 aliphatic heterocycles. The van der Waals surface area contributed by atoms with Crippen LogP contribution in [0.3, 0.4) is 0 Å². The van der Waals surface area contributed by atoms with Crippen LogP contribution in [-0.2, 0) is 0 Å². The zero-order valence-electron chi connectivity index (χ0n) is 12.5. The Morgan fingerprint density at radius 2 is 2.00 bits per heavy atom. The number of hydrogen-bond donors (Lipinski definition) is 2. The van der Waals surface area contributed by atoms with Crippen LogP contribution < -0.4 is 5.32 Å². The van der Waals surface area contributed by atoms with Gasteiger partial charge in [-0.25, -0.2) is 4.79 Å². The molecule has 6 nitrogen and oxygen atoms in total. The number of carboxylic acids is 1. The van der Waals surface area contributed by atoms with Gasteiger partial charge in [0.2, 0.25) is 0 Å². The van der Waals surface area contributed by atoms with E-state index < -0.39 is 5.97 Å². The summed E-state index contributed by atoms with van der Waals surface area (Å²) >= 11 is 0. The largest absolute Gasteiger partial charge is 0.478 e. The van der Waals surface area contributed by atoms with Crippen molar-refractivity contribution in [3.05, 3.63) is 16.8 Å². The highest BCUT2D eigenvalue weighted by molar-refractivity contribution is 5.94. The van der Waals surface area contributed by atoms with Crippen LogP contribution in [0.2, 0.25) is 0 Å². The summed E-state index contributed by atoms with van der Waals surface area (Å²) in [6.07, 6.45) is 3.45. The molecular formula is C14H22N4O2. The summed E-state index contributed by atoms with van der Waals surface area (Å²) in [7, 11) is 4.12. The molecule has 0 atom stereocenters. The lowest BCUT2D eigenvalue weighted by Crippen LogP contribution is -2.54. The molecule has 1 aliphatic carbocycles. The molecule has 6 heteroatoms. The first-order valence-corrected chi connectivity index (χ1v) is 6.86. The number of nitrogens with one attached hydrogen (secondary N) is 1. The molecule has 0 bridgehead atoms. The minimum absolute atomic E-state index is 0.107. The summed E-state index contributed by atoms with van der Waals surface area (Å²) in [5.41, 5.74) is 1.66. The molecule has 20 heavy (non-hydrogen) atoms. The molecule has 1 fully saturated rings. The molecule has 0 saturated heterocycles. The molecule has 1 heterocycles. The standard InChI is InChI=1S/C14H22N4O2/c1-9-10(2)16-17-12(11(9)13(19)20)15-8-14(18(3)4)6-5-7-14/h5-8H2,1-4H3,(H,15,17)(H,19,20). The van der Waals surface area contributed by atoms with Gasteiger partial charge in [0.1, 0.15) is 5.56 Å². The summed E-state index contributed by atoms with van der Waals surface area (Å²) in [6.45, 7) is 4.23. The fraction of sp³-hybridized carbons (Fsp3) is 0.643. The second kappa shape index (κ2) is 5.36. The number of rotatable bonds is 5. The number of carbonyl (C=O) groups is 1. The second-order valence-corrected chi connectivity index (χ2v) is 5.77. The third kappa shape index (κ3) is 2.47. The van der Waals surface area contributed by atoms with E-state index >= 15 is 0 Å². The van der Waals surface area contributed by atoms with Crippen LogP contribution in [-0.4, -0.2) is 52.4 Å². The molecule has 1 aromatic rings. The molecule has 2 rings (SSSR count). The summed E-state index contributed by atoms with van der Waals surface area (Å²) in [4.78, 5) is 13.6. The van der Waals surface area contributed by atoms with Gasteiger partial charge in [0, 0.05) is 12.1 Å². The Morgan fingerprint density at radius 3 is 2.45 bits per heavy atom. The van der Waals surface area contributed by atoms with E-state index in [1.165, 1.54) is 6.42 Å². The van der Waals surface area contributed by atoms with Gasteiger partial charge in [0.25, 0.3) is 0 Å². The van der Waals surface area contributed by atoms with Crippen molar-refractivity contribution in [3.63, 3.8) is 0 Å². The van der Waals surface area contributed by atoms with Crippen LogP contribution >= 0.6 is 0 Å². The number of likely N-dealkylation sites (N-methyl/N-ethyl adjacent to an activating group) is 1. The molecule has 0 unspecified atom stereocenters. The van der Waals surface area contributed by atoms with Crippen molar-refractivity contribution in [2.75, 3.05) is 26.0 Å². The number of carboxylic acid groups (broad SMARTS) is 1. The second-order valence-electron chi connectivity index (χ2n) is 5.77. The van der Waals surface area contributed by atoms with Gasteiger partial charge < -0.3 is 15.3 Å². The van der Waals surface area contributed by atoms with Gasteiger partial charge in [-0.1, -0.05) is 0 Å². The first-order chi connectivity index (χ1) is 9.37. The molecule has 110 valence electrons. The predicted molar refractivity (Wildman–Crippen MR) is 77.2 cm³/mol. The Morgan fingerprint density at radius 1 is 1.35 bits per heavy atom. The predicted octanol–water partition coefficient (Wildman–Crippen LogP) is 1.69. The van der Waals surface area contributed by atoms with Crippen molar-refractivity contribution in [1.29, 1.82) is 0 Å². The maximum absolute atomic E-state index is 11.4. The van der Waals surface area contributed by atoms with E-state index in [4.69, 9.17) is 0 Å². The number of hydrogen-bond acceptors (Lipinski definition) is 5. The molecular weight excluding hydrogens is 256 g/mol. The van der Waals surface area contributed by atoms with Gasteiger partial charge in [0.15, 0.2) is 5.82 Å². The van der Waals surface area contributed by atoms with Gasteiger partial charge >= 0.3 is 5.97 Å². The molecule has 0 spiro atoms. The number of aryl methyl sites for hydroxylation is 1. The van der Waals surface area contributed by atoms with Gasteiger partial charge in [0.05, 0.1) is 5.69 Å². The summed E-state index contributed by atoms with van der Waals surface area (Å²) in [6, 6.07) is 0. The Labute approximate surface area is 119 Å². The quantitative estimate of drug-likeness (QED) is 0.853. The Hall–Kier alpha value is -1.69. The molecule has 2 N–H and O–H groups in total. The molecule has 1 aromatic heterocycles. The van der Waals surface area contributed by atoms with Crippen molar-refractivity contribution in [2.24, 2.45) is 0 Å². The van der Waals surface area contributed by atoms with Crippen molar-refractivity contribution in [2.45, 2.75) is 38.6 Å². The molecule has 1 saturated carbocycles. The van der Waals surface area contributed by atoms with Crippen LogP contribution in [0.4, 0.5) is 5.82 Å². The average molecular weight is 278 g/mol. The summed E-state index contributed by atoms with van der Waals surface area (Å²) < 4.78 is 0. The highest BCUT2D eigenvalue weighted by atomic mass is 16.4. The van der Waals surface area contributed by atoms with E-state index in [1.54, 1.807) is 13.8 Å². The lowest BCUT2D eigenvalue weighted by atomic mass is 9.75. The number of aromatic nitrogens is 2. The van der Waals surface area contributed by atoms with Crippen LogP contribution in [0, 0.1) is 13.8 Å². The number of nitrogens with zero attached hydrogens (tertiary/aromatic N) is 3. The minimum Gasteiger partial charge on any atom is -0.478 e. The van der Waals surface area contributed by atoms with Crippen LogP contribution in [0.15, 0.2) is 0 Å². The van der Waals surface area contributed by atoms with Gasteiger partial charge in [-0.15, -0.1) is 5.10 Å². The van der Waals surface area contributed by atoms with Crippen molar-refractivity contribution < 1.29 is 9.90 Å². The number of anilines is 1. The highest BCUT2D eigenvalue weighted by Crippen LogP contribution is 2.36. The average Bonchev–Trinajstić information content (AvgIpc) is 2.31. The highest BCUT2D eigenvalue weighted by Gasteiger charge is 2.39. The summed E-state index contributed by atoms with van der Waals surface area (Å²) in [5.74, 6) is -0.593. The van der Waals surface area contributed by atoms with Gasteiger partial charge in [-0.3, -0.25) is 0 Å². The Kier molecular flexibility index (Phi) is 3.94. The summed E-state index contributed by atoms with van der Waals surface area (Å²) in [5, 5.41) is 20.6. The molecule has 0 aromatic carbocycles. The van der Waals surface area contributed by atoms with Crippen LogP contribution in [0.5, 0.6) is 0 Å². The van der Waals surface area contributed by atoms with Crippen LogP contribution in [0.25, 0.3) is 0 Å². The van der Waals surface area contributed by atoms with Gasteiger partial charge in [-0.2, -0.15) is 5.10 Å². The van der Waals surface area contributed by atoms with Crippen LogP contribution in [0.1, 0.15) is 40.9 Å². The first-order valence-electron chi connectivity index (χ1n) is 6.86. The van der Waals surface area contributed by atoms with E-state index in [1.807, 2.05) is 0 Å². The van der Waals surface area contributed by atoms with E-state index in [9.17, 15) is 9.90 Å². The first kappa shape index (κ1) is 14.7. The molecule has 0 radical (unpaired) electrons. The van der Waals surface area contributed by atoms with E-state index in [0.29, 0.717) is 23.6 Å². The topological polar surface area (TPSA) is 78.4 Å². The van der Waals surface area contributed by atoms with E-state index in [-0.39, 0.29) is 11.1 Å². The molecule has 1 aliphatic rings. The van der Waals surface area contributed by atoms with Gasteiger partial charge in [-0.05, 0) is 52.8 Å². The maximum Gasteiger partial charge on any atom is 0.339 e. The third-order valence-corrected chi connectivity index (χ3v) is 4.49. The Balaban J connectivity index is 2.22. The zero-order chi connectivity index (χ0) is 14.9. The maximum atomic E-state index is 11.4. The molecule has 0 amide bonds. The van der Waals surface area contributed by atoms with Crippen molar-refractivity contribution in [1.82, 2.24) is 15.1 Å². The lowest BCUT2D eigenvalue weighted by Gasteiger charge is -2.47. The fourth-order valence-corrected chi connectivity index (χ4v) is 2.61. The van der Waals surface area contributed by atoms with Crippen molar-refractivity contribution >= 4 is 11.8 Å². The van der Waals surface area contributed by atoms with E-state index in [2.05, 4.69) is 34.5 Å². The fourth-order valence-electron chi connectivity index (χ4n) is 2.61. The van der Waals surface area contributed by atoms with E-state index in [0.717, 1.165) is 12.8 Å². The smallest absolute Gasteiger partial charge is 0.339 e. The normalized spacial score (nSPS) is 16.9. The third-order valence-electron chi connectivity index (χ3n) is 4.49.